The van der Waals surface area contributed by atoms with Gasteiger partial charge in [-0.25, -0.2) is 0 Å². The number of carbonyl (C=O) groups excluding carboxylic acids is 1. The van der Waals surface area contributed by atoms with E-state index in [4.69, 9.17) is 0 Å². The number of hydrogen-bond donors (Lipinski definition) is 2. The molecule has 138 valence electrons. The first-order chi connectivity index (χ1) is 11.4. The number of nitrogens with one attached hydrogen (secondary N) is 2. The molecule has 2 aliphatic heterocycles. The third-order valence-electron chi connectivity index (χ3n) is 5.35. The lowest BCUT2D eigenvalue weighted by atomic mass is 9.79. The number of hydrogen-bond acceptors (Lipinski definition) is 3. The first-order valence-corrected chi connectivity index (χ1v) is 9.35. The van der Waals surface area contributed by atoms with Gasteiger partial charge in [0, 0.05) is 63.7 Å². The second-order valence-electron chi connectivity index (χ2n) is 7.88. The standard InChI is InChI=1S/C18H35N5O/c1-14(2)23(15(3)4)10-8-20-17(19-5)22-9-6-7-18(13-22)11-16(24)21-12-18/h14-15H,6-13H2,1-5H3,(H,19,20)(H,21,24). The van der Waals surface area contributed by atoms with E-state index < -0.39 is 0 Å². The molecule has 1 spiro atoms. The topological polar surface area (TPSA) is 60.0 Å². The molecule has 0 saturated carbocycles. The third kappa shape index (κ3) is 4.62. The predicted octanol–water partition coefficient (Wildman–Crippen LogP) is 1.28. The highest BCUT2D eigenvalue weighted by atomic mass is 16.1. The van der Waals surface area contributed by atoms with Gasteiger partial charge in [-0.05, 0) is 40.5 Å². The number of likely N-dealkylation sites (tertiary alicyclic amines) is 1. The fourth-order valence-electron chi connectivity index (χ4n) is 4.17. The molecule has 2 saturated heterocycles. The SMILES string of the molecule is CN=C(NCCN(C(C)C)C(C)C)N1CCCC2(CNC(=O)C2)C1. The first-order valence-electron chi connectivity index (χ1n) is 9.35. The molecule has 0 bridgehead atoms. The summed E-state index contributed by atoms with van der Waals surface area (Å²) in [5.74, 6) is 1.17. The lowest BCUT2D eigenvalue weighted by Crippen LogP contribution is -2.52. The Labute approximate surface area is 147 Å². The number of piperidine rings is 1. The van der Waals surface area contributed by atoms with Gasteiger partial charge in [0.25, 0.3) is 0 Å². The molecule has 2 fully saturated rings. The van der Waals surface area contributed by atoms with E-state index in [1.165, 1.54) is 0 Å². The summed E-state index contributed by atoms with van der Waals surface area (Å²) in [7, 11) is 1.85. The zero-order chi connectivity index (χ0) is 17.7. The molecule has 6 nitrogen and oxygen atoms in total. The summed E-state index contributed by atoms with van der Waals surface area (Å²) in [6.07, 6.45) is 2.92. The third-order valence-corrected chi connectivity index (χ3v) is 5.35. The van der Waals surface area contributed by atoms with Crippen LogP contribution in [0.25, 0.3) is 0 Å². The highest BCUT2D eigenvalue weighted by molar-refractivity contribution is 5.81. The van der Waals surface area contributed by atoms with Crippen molar-refractivity contribution in [2.24, 2.45) is 10.4 Å². The monoisotopic (exact) mass is 337 g/mol. The largest absolute Gasteiger partial charge is 0.355 e. The summed E-state index contributed by atoms with van der Waals surface area (Å²) in [6.45, 7) is 13.6. The molecule has 24 heavy (non-hydrogen) atoms. The molecule has 0 radical (unpaired) electrons. The molecule has 1 amide bonds. The fraction of sp³-hybridized carbons (Fsp3) is 0.889. The number of guanidine groups is 1. The van der Waals surface area contributed by atoms with Crippen molar-refractivity contribution in [3.05, 3.63) is 0 Å². The second kappa shape index (κ2) is 8.19. The Balaban J connectivity index is 1.88. The number of rotatable bonds is 5. The molecule has 6 heteroatoms. The fourth-order valence-corrected chi connectivity index (χ4v) is 4.17. The minimum Gasteiger partial charge on any atom is -0.355 e. The second-order valence-corrected chi connectivity index (χ2v) is 7.88. The van der Waals surface area contributed by atoms with Crippen molar-refractivity contribution in [3.63, 3.8) is 0 Å². The van der Waals surface area contributed by atoms with Gasteiger partial charge in [-0.3, -0.25) is 14.7 Å². The first kappa shape index (κ1) is 19.0. The minimum absolute atomic E-state index is 0.106. The Morgan fingerprint density at radius 1 is 1.38 bits per heavy atom. The molecular weight excluding hydrogens is 302 g/mol. The molecular formula is C18H35N5O. The van der Waals surface area contributed by atoms with E-state index in [1.807, 2.05) is 7.05 Å². The van der Waals surface area contributed by atoms with Gasteiger partial charge in [0.05, 0.1) is 0 Å². The van der Waals surface area contributed by atoms with Crippen molar-refractivity contribution in [2.45, 2.75) is 59.0 Å². The Bertz CT molecular complexity index is 454. The van der Waals surface area contributed by atoms with Crippen molar-refractivity contribution >= 4 is 11.9 Å². The zero-order valence-corrected chi connectivity index (χ0v) is 16.1. The van der Waals surface area contributed by atoms with E-state index in [2.05, 4.69) is 53.1 Å². The van der Waals surface area contributed by atoms with Crippen LogP contribution in [0.5, 0.6) is 0 Å². The summed E-state index contributed by atoms with van der Waals surface area (Å²) in [5, 5.41) is 6.53. The van der Waals surface area contributed by atoms with Gasteiger partial charge in [-0.1, -0.05) is 0 Å². The summed E-state index contributed by atoms with van der Waals surface area (Å²) in [4.78, 5) is 21.0. The Morgan fingerprint density at radius 2 is 2.08 bits per heavy atom. The van der Waals surface area contributed by atoms with Gasteiger partial charge in [-0.15, -0.1) is 0 Å². The molecule has 1 atom stereocenters. The molecule has 2 heterocycles. The van der Waals surface area contributed by atoms with Crippen LogP contribution < -0.4 is 10.6 Å². The summed E-state index contributed by atoms with van der Waals surface area (Å²) < 4.78 is 0. The van der Waals surface area contributed by atoms with Crippen LogP contribution in [0.4, 0.5) is 0 Å². The number of aliphatic imine (C=N–C) groups is 1. The van der Waals surface area contributed by atoms with Gasteiger partial charge in [0.2, 0.25) is 5.91 Å². The van der Waals surface area contributed by atoms with Gasteiger partial charge in [0.1, 0.15) is 0 Å². The average Bonchev–Trinajstić information content (AvgIpc) is 2.86. The van der Waals surface area contributed by atoms with Crippen molar-refractivity contribution in [3.8, 4) is 0 Å². The molecule has 0 aromatic carbocycles. The van der Waals surface area contributed by atoms with E-state index in [9.17, 15) is 4.79 Å². The van der Waals surface area contributed by atoms with Crippen molar-refractivity contribution < 1.29 is 4.79 Å². The Hall–Kier alpha value is -1.30. The molecule has 0 aromatic rings. The maximum absolute atomic E-state index is 11.7. The normalized spacial score (nSPS) is 25.2. The Morgan fingerprint density at radius 3 is 2.62 bits per heavy atom. The van der Waals surface area contributed by atoms with Gasteiger partial charge in [0.15, 0.2) is 5.96 Å². The molecule has 1 unspecified atom stereocenters. The zero-order valence-electron chi connectivity index (χ0n) is 16.1. The smallest absolute Gasteiger partial charge is 0.220 e. The highest BCUT2D eigenvalue weighted by Crippen LogP contribution is 2.35. The molecule has 0 aromatic heterocycles. The predicted molar refractivity (Wildman–Crippen MR) is 99.2 cm³/mol. The van der Waals surface area contributed by atoms with Crippen LogP contribution >= 0.6 is 0 Å². The van der Waals surface area contributed by atoms with Crippen LogP contribution in [0, 0.1) is 5.41 Å². The van der Waals surface area contributed by atoms with Crippen LogP contribution in [0.15, 0.2) is 4.99 Å². The van der Waals surface area contributed by atoms with E-state index >= 15 is 0 Å². The van der Waals surface area contributed by atoms with Crippen LogP contribution in [0.1, 0.15) is 47.0 Å². The molecule has 2 rings (SSSR count). The maximum atomic E-state index is 11.7. The van der Waals surface area contributed by atoms with Gasteiger partial charge >= 0.3 is 0 Å². The lowest BCUT2D eigenvalue weighted by molar-refractivity contribution is -0.119. The number of carbonyl (C=O) groups is 1. The van der Waals surface area contributed by atoms with Crippen molar-refractivity contribution in [1.82, 2.24) is 20.4 Å². The van der Waals surface area contributed by atoms with E-state index in [1.54, 1.807) is 0 Å². The summed E-state index contributed by atoms with van der Waals surface area (Å²) >= 11 is 0. The lowest BCUT2D eigenvalue weighted by Gasteiger charge is -2.41. The van der Waals surface area contributed by atoms with Crippen molar-refractivity contribution in [2.75, 3.05) is 39.8 Å². The maximum Gasteiger partial charge on any atom is 0.220 e. The average molecular weight is 338 g/mol. The quantitative estimate of drug-likeness (QED) is 0.586. The van der Waals surface area contributed by atoms with Crippen molar-refractivity contribution in [1.29, 1.82) is 0 Å². The number of nitrogens with zero attached hydrogens (tertiary/aromatic N) is 3. The number of amides is 1. The van der Waals surface area contributed by atoms with Crippen LogP contribution in [0.3, 0.4) is 0 Å². The van der Waals surface area contributed by atoms with E-state index in [0.717, 1.165) is 51.5 Å². The summed E-state index contributed by atoms with van der Waals surface area (Å²) in [6, 6.07) is 1.09. The van der Waals surface area contributed by atoms with E-state index in [-0.39, 0.29) is 11.3 Å². The highest BCUT2D eigenvalue weighted by Gasteiger charge is 2.42. The molecule has 2 N–H and O–H groups in total. The van der Waals surface area contributed by atoms with Crippen LogP contribution in [0.2, 0.25) is 0 Å². The Kier molecular flexibility index (Phi) is 6.49. The minimum atomic E-state index is 0.106. The van der Waals surface area contributed by atoms with Gasteiger partial charge in [-0.2, -0.15) is 0 Å². The summed E-state index contributed by atoms with van der Waals surface area (Å²) in [5.41, 5.74) is 0.106. The van der Waals surface area contributed by atoms with Crippen LogP contribution in [-0.2, 0) is 4.79 Å². The van der Waals surface area contributed by atoms with E-state index in [0.29, 0.717) is 18.5 Å². The van der Waals surface area contributed by atoms with Crippen LogP contribution in [-0.4, -0.2) is 73.5 Å². The molecule has 0 aliphatic carbocycles. The molecule has 2 aliphatic rings. The van der Waals surface area contributed by atoms with Gasteiger partial charge < -0.3 is 15.5 Å².